The fourth-order valence-corrected chi connectivity index (χ4v) is 4.01. The largest absolute Gasteiger partial charge is 0.442 e. The van der Waals surface area contributed by atoms with Crippen molar-refractivity contribution >= 4 is 23.4 Å². The van der Waals surface area contributed by atoms with Gasteiger partial charge in [0.25, 0.3) is 5.91 Å². The first kappa shape index (κ1) is 21.5. The summed E-state index contributed by atoms with van der Waals surface area (Å²) in [4.78, 5) is 27.0. The summed E-state index contributed by atoms with van der Waals surface area (Å²) in [7, 11) is 0. The van der Waals surface area contributed by atoms with Gasteiger partial charge in [-0.15, -0.1) is 5.10 Å². The number of hydroxylamine groups is 1. The lowest BCUT2D eigenvalue weighted by atomic mass is 9.94. The Labute approximate surface area is 182 Å². The van der Waals surface area contributed by atoms with Crippen molar-refractivity contribution < 1.29 is 23.9 Å². The number of amides is 2. The Hall–Kier alpha value is -3.72. The van der Waals surface area contributed by atoms with Crippen LogP contribution < -0.4 is 15.3 Å². The highest BCUT2D eigenvalue weighted by molar-refractivity contribution is 5.91. The number of hydrogen-bond donors (Lipinski definition) is 2. The zero-order chi connectivity index (χ0) is 22.7. The number of nitriles is 1. The van der Waals surface area contributed by atoms with E-state index < -0.39 is 23.9 Å². The van der Waals surface area contributed by atoms with Crippen molar-refractivity contribution in [2.24, 2.45) is 5.92 Å². The molecule has 1 atom stereocenters. The molecule has 12 heteroatoms. The number of cyclic esters (lactones) is 1. The van der Waals surface area contributed by atoms with E-state index in [9.17, 15) is 14.0 Å². The monoisotopic (exact) mass is 443 g/mol. The number of aromatic nitrogens is 3. The molecule has 0 saturated carbocycles. The zero-order valence-electron chi connectivity index (χ0n) is 17.1. The van der Waals surface area contributed by atoms with E-state index in [-0.39, 0.29) is 18.8 Å². The minimum atomic E-state index is -0.800. The second kappa shape index (κ2) is 9.19. The third-order valence-corrected chi connectivity index (χ3v) is 5.72. The van der Waals surface area contributed by atoms with E-state index in [1.165, 1.54) is 27.3 Å². The van der Waals surface area contributed by atoms with Crippen LogP contribution in [-0.4, -0.2) is 57.9 Å². The Morgan fingerprint density at radius 3 is 2.84 bits per heavy atom. The van der Waals surface area contributed by atoms with Crippen LogP contribution in [0.2, 0.25) is 0 Å². The maximum Gasteiger partial charge on any atom is 0.414 e. The molecule has 2 aliphatic rings. The van der Waals surface area contributed by atoms with Crippen molar-refractivity contribution in [3.63, 3.8) is 0 Å². The number of nitrogens with one attached hydrogen (secondary N) is 1. The summed E-state index contributed by atoms with van der Waals surface area (Å²) in [5.74, 6) is -0.867. The Bertz CT molecular complexity index is 1040. The molecule has 2 aromatic rings. The molecular formula is C20H22FN7O4. The molecule has 1 aromatic heterocycles. The van der Waals surface area contributed by atoms with E-state index in [1.54, 1.807) is 12.1 Å². The molecule has 0 aliphatic carbocycles. The lowest BCUT2D eigenvalue weighted by Gasteiger charge is -2.33. The fraction of sp³-hybridized carbons (Fsp3) is 0.450. The smallest absolute Gasteiger partial charge is 0.414 e. The van der Waals surface area contributed by atoms with Gasteiger partial charge in [0, 0.05) is 19.5 Å². The van der Waals surface area contributed by atoms with Crippen LogP contribution >= 0.6 is 0 Å². The van der Waals surface area contributed by atoms with E-state index in [0.717, 1.165) is 12.8 Å². The maximum absolute atomic E-state index is 14.9. The summed E-state index contributed by atoms with van der Waals surface area (Å²) < 4.78 is 21.5. The van der Waals surface area contributed by atoms with Crippen LogP contribution in [-0.2, 0) is 11.3 Å². The molecule has 2 amide bonds. The highest BCUT2D eigenvalue weighted by atomic mass is 19.1. The van der Waals surface area contributed by atoms with Gasteiger partial charge in [-0.05, 0) is 37.0 Å². The summed E-state index contributed by atoms with van der Waals surface area (Å²) in [6.07, 6.45) is 2.36. The van der Waals surface area contributed by atoms with Gasteiger partial charge in [0.05, 0.1) is 36.7 Å². The van der Waals surface area contributed by atoms with Gasteiger partial charge in [-0.2, -0.15) is 5.26 Å². The normalized spacial score (nSPS) is 19.0. The van der Waals surface area contributed by atoms with Gasteiger partial charge in [-0.25, -0.2) is 19.3 Å². The highest BCUT2D eigenvalue weighted by Crippen LogP contribution is 2.31. The molecule has 32 heavy (non-hydrogen) atoms. The predicted molar refractivity (Wildman–Crippen MR) is 108 cm³/mol. The topological polar surface area (TPSA) is 137 Å². The third-order valence-electron chi connectivity index (χ3n) is 5.72. The summed E-state index contributed by atoms with van der Waals surface area (Å²) in [5.41, 5.74) is 2.25. The second-order valence-corrected chi connectivity index (χ2v) is 7.81. The molecule has 11 nitrogen and oxygen atoms in total. The minimum Gasteiger partial charge on any atom is -0.442 e. The Balaban J connectivity index is 1.39. The highest BCUT2D eigenvalue weighted by Gasteiger charge is 2.33. The van der Waals surface area contributed by atoms with Crippen molar-refractivity contribution in [1.29, 1.82) is 5.26 Å². The van der Waals surface area contributed by atoms with Crippen molar-refractivity contribution in [3.05, 3.63) is 35.9 Å². The Morgan fingerprint density at radius 2 is 2.16 bits per heavy atom. The zero-order valence-corrected chi connectivity index (χ0v) is 17.1. The molecule has 2 saturated heterocycles. The molecule has 1 aromatic carbocycles. The van der Waals surface area contributed by atoms with Gasteiger partial charge in [0.15, 0.2) is 5.69 Å². The molecule has 2 fully saturated rings. The fourth-order valence-electron chi connectivity index (χ4n) is 4.01. The number of rotatable bonds is 6. The van der Waals surface area contributed by atoms with E-state index >= 15 is 0 Å². The van der Waals surface area contributed by atoms with Crippen LogP contribution in [0.3, 0.4) is 0 Å². The van der Waals surface area contributed by atoms with Crippen molar-refractivity contribution in [2.75, 3.05) is 29.4 Å². The van der Waals surface area contributed by atoms with E-state index in [1.807, 2.05) is 4.90 Å². The predicted octanol–water partition coefficient (Wildman–Crippen LogP) is 1.69. The molecule has 1 unspecified atom stereocenters. The SMILES string of the molecule is N#CCC1CCN(c2ccc(N3CC(Cn4cc(C(=O)NO)nn4)OC3=O)cc2F)CC1. The third kappa shape index (κ3) is 4.47. The molecule has 0 spiro atoms. The number of ether oxygens (including phenoxy) is 1. The number of carbonyl (C=O) groups excluding carboxylic acids is 2. The lowest BCUT2D eigenvalue weighted by Crippen LogP contribution is -2.34. The number of nitrogens with zero attached hydrogens (tertiary/aromatic N) is 6. The van der Waals surface area contributed by atoms with Crippen molar-refractivity contribution in [2.45, 2.75) is 31.9 Å². The number of hydrogen-bond acceptors (Lipinski definition) is 8. The van der Waals surface area contributed by atoms with Crippen LogP contribution in [0.15, 0.2) is 24.4 Å². The van der Waals surface area contributed by atoms with E-state index in [2.05, 4.69) is 16.4 Å². The maximum atomic E-state index is 14.9. The van der Waals surface area contributed by atoms with Gasteiger partial charge in [-0.1, -0.05) is 5.21 Å². The molecule has 0 bridgehead atoms. The van der Waals surface area contributed by atoms with Crippen LogP contribution in [0.5, 0.6) is 0 Å². The van der Waals surface area contributed by atoms with Crippen molar-refractivity contribution in [1.82, 2.24) is 20.5 Å². The van der Waals surface area contributed by atoms with E-state index in [4.69, 9.17) is 15.2 Å². The van der Waals surface area contributed by atoms with Gasteiger partial charge >= 0.3 is 6.09 Å². The van der Waals surface area contributed by atoms with Gasteiger partial charge in [0.2, 0.25) is 0 Å². The first-order valence-electron chi connectivity index (χ1n) is 10.2. The summed E-state index contributed by atoms with van der Waals surface area (Å²) in [6.45, 7) is 1.69. The van der Waals surface area contributed by atoms with Crippen LogP contribution in [0.4, 0.5) is 20.6 Å². The molecule has 2 aliphatic heterocycles. The first-order valence-corrected chi connectivity index (χ1v) is 10.2. The average Bonchev–Trinajstić information content (AvgIpc) is 3.40. The van der Waals surface area contributed by atoms with Gasteiger partial charge in [-0.3, -0.25) is 14.9 Å². The molecular weight excluding hydrogens is 421 g/mol. The number of piperidine rings is 1. The number of halogens is 1. The van der Waals surface area contributed by atoms with Gasteiger partial charge < -0.3 is 9.64 Å². The van der Waals surface area contributed by atoms with E-state index in [0.29, 0.717) is 36.8 Å². The lowest BCUT2D eigenvalue weighted by molar-refractivity contribution is 0.0700. The molecule has 168 valence electrons. The second-order valence-electron chi connectivity index (χ2n) is 7.81. The van der Waals surface area contributed by atoms with Crippen LogP contribution in [0, 0.1) is 23.1 Å². The number of carbonyl (C=O) groups is 2. The number of benzene rings is 1. The summed E-state index contributed by atoms with van der Waals surface area (Å²) in [6, 6.07) is 6.86. The van der Waals surface area contributed by atoms with Crippen LogP contribution in [0.25, 0.3) is 0 Å². The standard InChI is InChI=1S/C20H22FN7O4/c21-16-9-14(1-2-18(16)26-7-4-13(3-6-22)5-8-26)28-11-15(32-20(28)30)10-27-12-17(23-25-27)19(29)24-31/h1-2,9,12-13,15,31H,3-5,7-8,10-11H2,(H,24,29). The molecule has 0 radical (unpaired) electrons. The summed E-state index contributed by atoms with van der Waals surface area (Å²) >= 11 is 0. The first-order chi connectivity index (χ1) is 15.5. The number of anilines is 2. The minimum absolute atomic E-state index is 0.0806. The summed E-state index contributed by atoms with van der Waals surface area (Å²) in [5, 5.41) is 24.9. The Morgan fingerprint density at radius 1 is 1.38 bits per heavy atom. The molecule has 4 rings (SSSR count). The Kier molecular flexibility index (Phi) is 6.18. The average molecular weight is 443 g/mol. The molecule has 3 heterocycles. The van der Waals surface area contributed by atoms with Crippen LogP contribution in [0.1, 0.15) is 29.8 Å². The quantitative estimate of drug-likeness (QED) is 0.508. The molecule has 2 N–H and O–H groups in total. The van der Waals surface area contributed by atoms with Gasteiger partial charge in [0.1, 0.15) is 11.9 Å². The van der Waals surface area contributed by atoms with Crippen molar-refractivity contribution in [3.8, 4) is 6.07 Å².